The highest BCUT2D eigenvalue weighted by Gasteiger charge is 2.24. The van der Waals surface area contributed by atoms with Gasteiger partial charge in [-0.05, 0) is 62.2 Å². The first-order chi connectivity index (χ1) is 12.6. The smallest absolute Gasteiger partial charge is 0.227 e. The van der Waals surface area contributed by atoms with Crippen LogP contribution in [0.2, 0.25) is 0 Å². The van der Waals surface area contributed by atoms with Crippen LogP contribution in [0, 0.1) is 11.8 Å². The van der Waals surface area contributed by atoms with E-state index >= 15 is 0 Å². The number of hydrogen-bond donors (Lipinski definition) is 2. The zero-order valence-electron chi connectivity index (χ0n) is 16.2. The molecule has 1 atom stereocenters. The number of halogens is 1. The van der Waals surface area contributed by atoms with Gasteiger partial charge in [-0.3, -0.25) is 9.59 Å². The molecule has 3 rings (SSSR count). The Kier molecular flexibility index (Phi) is 8.58. The molecule has 2 heterocycles. The molecule has 0 bridgehead atoms. The number of nitrogens with zero attached hydrogens (tertiary/aromatic N) is 1. The average Bonchev–Trinajstić information content (AvgIpc) is 3.10. The molecule has 1 saturated heterocycles. The van der Waals surface area contributed by atoms with Gasteiger partial charge in [0.05, 0.1) is 0 Å². The van der Waals surface area contributed by atoms with E-state index in [1.807, 2.05) is 23.1 Å². The Morgan fingerprint density at radius 3 is 2.78 bits per heavy atom. The summed E-state index contributed by atoms with van der Waals surface area (Å²) in [6, 6.07) is 8.11. The first kappa shape index (κ1) is 21.7. The van der Waals surface area contributed by atoms with Gasteiger partial charge in [0, 0.05) is 31.6 Å². The number of benzene rings is 1. The molecule has 1 aromatic rings. The van der Waals surface area contributed by atoms with Crippen molar-refractivity contribution < 1.29 is 9.59 Å². The van der Waals surface area contributed by atoms with E-state index in [1.165, 1.54) is 18.4 Å². The van der Waals surface area contributed by atoms with Gasteiger partial charge in [0.15, 0.2) is 0 Å². The molecule has 1 fully saturated rings. The molecule has 150 valence electrons. The van der Waals surface area contributed by atoms with Crippen LogP contribution in [0.1, 0.15) is 44.6 Å². The first-order valence-corrected chi connectivity index (χ1v) is 10.0. The second kappa shape index (κ2) is 10.7. The van der Waals surface area contributed by atoms with Crippen molar-refractivity contribution in [1.29, 1.82) is 0 Å². The lowest BCUT2D eigenvalue weighted by Crippen LogP contribution is -2.34. The van der Waals surface area contributed by atoms with Crippen LogP contribution in [0.5, 0.6) is 0 Å². The second-order valence-corrected chi connectivity index (χ2v) is 7.65. The minimum Gasteiger partial charge on any atom is -0.356 e. The van der Waals surface area contributed by atoms with E-state index in [1.54, 1.807) is 0 Å². The number of carbonyl (C=O) groups is 2. The summed E-state index contributed by atoms with van der Waals surface area (Å²) < 4.78 is 0. The van der Waals surface area contributed by atoms with Crippen LogP contribution in [-0.4, -0.2) is 38.0 Å². The fraction of sp³-hybridized carbons (Fsp3) is 0.619. The number of nitrogens with one attached hydrogen (secondary N) is 2. The first-order valence-electron chi connectivity index (χ1n) is 10.0. The van der Waals surface area contributed by atoms with Crippen molar-refractivity contribution in [2.75, 3.05) is 31.1 Å². The van der Waals surface area contributed by atoms with Gasteiger partial charge in [-0.1, -0.05) is 25.1 Å². The molecule has 6 heteroatoms. The van der Waals surface area contributed by atoms with Gasteiger partial charge in [0.25, 0.3) is 0 Å². The zero-order chi connectivity index (χ0) is 18.4. The molecule has 2 aliphatic heterocycles. The summed E-state index contributed by atoms with van der Waals surface area (Å²) in [5.41, 5.74) is 2.30. The zero-order valence-corrected chi connectivity index (χ0v) is 17.0. The van der Waals surface area contributed by atoms with Crippen molar-refractivity contribution in [3.63, 3.8) is 0 Å². The average molecular weight is 394 g/mol. The summed E-state index contributed by atoms with van der Waals surface area (Å²) >= 11 is 0. The third kappa shape index (κ3) is 5.94. The summed E-state index contributed by atoms with van der Waals surface area (Å²) in [6.07, 6.45) is 5.05. The molecule has 1 unspecified atom stereocenters. The Balaban J connectivity index is 0.00000261. The Morgan fingerprint density at radius 1 is 1.26 bits per heavy atom. The fourth-order valence-electron chi connectivity index (χ4n) is 4.14. The maximum atomic E-state index is 12.4. The predicted octanol–water partition coefficient (Wildman–Crippen LogP) is 2.92. The minimum absolute atomic E-state index is 0. The molecular formula is C21H32ClN3O2. The molecule has 0 aliphatic carbocycles. The van der Waals surface area contributed by atoms with Crippen LogP contribution in [0.4, 0.5) is 5.69 Å². The quantitative estimate of drug-likeness (QED) is 0.700. The number of para-hydroxylation sites is 1. The SMILES string of the molecule is CC(CC(=O)NCCCC(=O)N1CCc2ccccc21)C1CCNCC1.Cl. The van der Waals surface area contributed by atoms with E-state index in [4.69, 9.17) is 0 Å². The Labute approximate surface area is 168 Å². The lowest BCUT2D eigenvalue weighted by atomic mass is 9.84. The van der Waals surface area contributed by atoms with Gasteiger partial charge >= 0.3 is 0 Å². The number of anilines is 1. The van der Waals surface area contributed by atoms with Crippen molar-refractivity contribution in [1.82, 2.24) is 10.6 Å². The van der Waals surface area contributed by atoms with E-state index < -0.39 is 0 Å². The monoisotopic (exact) mass is 393 g/mol. The molecule has 5 nitrogen and oxygen atoms in total. The summed E-state index contributed by atoms with van der Waals surface area (Å²) in [5.74, 6) is 1.36. The van der Waals surface area contributed by atoms with E-state index in [0.717, 1.165) is 31.7 Å². The molecule has 2 aliphatic rings. The maximum Gasteiger partial charge on any atom is 0.227 e. The van der Waals surface area contributed by atoms with Crippen molar-refractivity contribution in [3.05, 3.63) is 29.8 Å². The molecule has 2 N–H and O–H groups in total. The number of piperidine rings is 1. The van der Waals surface area contributed by atoms with Gasteiger partial charge in [0.2, 0.25) is 11.8 Å². The maximum absolute atomic E-state index is 12.4. The lowest BCUT2D eigenvalue weighted by molar-refractivity contribution is -0.123. The molecule has 1 aromatic carbocycles. The van der Waals surface area contributed by atoms with Crippen LogP contribution in [0.25, 0.3) is 0 Å². The third-order valence-electron chi connectivity index (χ3n) is 5.77. The van der Waals surface area contributed by atoms with Crippen LogP contribution in [0.15, 0.2) is 24.3 Å². The van der Waals surface area contributed by atoms with Gasteiger partial charge in [0.1, 0.15) is 0 Å². The Bertz CT molecular complexity index is 632. The van der Waals surface area contributed by atoms with Crippen LogP contribution in [0.3, 0.4) is 0 Å². The summed E-state index contributed by atoms with van der Waals surface area (Å²) in [7, 11) is 0. The highest BCUT2D eigenvalue weighted by atomic mass is 35.5. The topological polar surface area (TPSA) is 61.4 Å². The largest absolute Gasteiger partial charge is 0.356 e. The van der Waals surface area contributed by atoms with Crippen LogP contribution >= 0.6 is 12.4 Å². The number of carbonyl (C=O) groups excluding carboxylic acids is 2. The molecule has 0 saturated carbocycles. The molecular weight excluding hydrogens is 362 g/mol. The normalized spacial score (nSPS) is 17.7. The number of hydrogen-bond acceptors (Lipinski definition) is 3. The van der Waals surface area contributed by atoms with Crippen molar-refractivity contribution in [3.8, 4) is 0 Å². The number of rotatable bonds is 7. The summed E-state index contributed by atoms with van der Waals surface area (Å²) in [6.45, 7) is 5.68. The summed E-state index contributed by atoms with van der Waals surface area (Å²) in [4.78, 5) is 26.5. The third-order valence-corrected chi connectivity index (χ3v) is 5.77. The van der Waals surface area contributed by atoms with E-state index in [9.17, 15) is 9.59 Å². The van der Waals surface area contributed by atoms with Crippen molar-refractivity contribution in [2.24, 2.45) is 11.8 Å². The molecule has 27 heavy (non-hydrogen) atoms. The highest BCUT2D eigenvalue weighted by molar-refractivity contribution is 5.95. The minimum atomic E-state index is 0. The van der Waals surface area contributed by atoms with Gasteiger partial charge in [-0.15, -0.1) is 12.4 Å². The van der Waals surface area contributed by atoms with Crippen LogP contribution in [-0.2, 0) is 16.0 Å². The van der Waals surface area contributed by atoms with Gasteiger partial charge in [-0.25, -0.2) is 0 Å². The predicted molar refractivity (Wildman–Crippen MR) is 111 cm³/mol. The van der Waals surface area contributed by atoms with E-state index in [-0.39, 0.29) is 24.2 Å². The van der Waals surface area contributed by atoms with Crippen LogP contribution < -0.4 is 15.5 Å². The summed E-state index contributed by atoms with van der Waals surface area (Å²) in [5, 5.41) is 6.36. The molecule has 2 amide bonds. The molecule has 0 spiro atoms. The lowest BCUT2D eigenvalue weighted by Gasteiger charge is -2.27. The Morgan fingerprint density at radius 2 is 2.00 bits per heavy atom. The Hall–Kier alpha value is -1.59. The van der Waals surface area contributed by atoms with Gasteiger partial charge in [-0.2, -0.15) is 0 Å². The van der Waals surface area contributed by atoms with Crippen molar-refractivity contribution in [2.45, 2.75) is 45.4 Å². The fourth-order valence-corrected chi connectivity index (χ4v) is 4.14. The van der Waals surface area contributed by atoms with Gasteiger partial charge < -0.3 is 15.5 Å². The molecule has 0 aromatic heterocycles. The van der Waals surface area contributed by atoms with E-state index in [2.05, 4.69) is 23.6 Å². The highest BCUT2D eigenvalue weighted by Crippen LogP contribution is 2.28. The number of amides is 2. The number of fused-ring (bicyclic) bond motifs is 1. The van der Waals surface area contributed by atoms with E-state index in [0.29, 0.717) is 37.6 Å². The molecule has 0 radical (unpaired) electrons. The standard InChI is InChI=1S/C21H31N3O2.ClH/c1-16(17-8-12-22-13-9-17)15-20(25)23-11-4-7-21(26)24-14-10-18-5-2-3-6-19(18)24;/h2-3,5-6,16-17,22H,4,7-15H2,1H3,(H,23,25);1H. The van der Waals surface area contributed by atoms with Crippen molar-refractivity contribution >= 4 is 29.9 Å². The second-order valence-electron chi connectivity index (χ2n) is 7.65.